The van der Waals surface area contributed by atoms with Crippen molar-refractivity contribution in [1.82, 2.24) is 15.6 Å². The standard InChI is InChI=1S/C20H27N5O2.2ClH/c1-14(19(26)23-12-11-16-8-10-18(22)24-13-16)25-20(27)17(21)9-7-15-5-3-2-4-6-15;;/h2-6,8,10,13-14,17H,7,9,11-12,21H2,1H3,(H2,22,24)(H,23,26)(H,25,27);2*1H/t14-,17+;;/m0../s1. The van der Waals surface area contributed by atoms with Gasteiger partial charge in [0.25, 0.3) is 0 Å². The molecule has 1 heterocycles. The van der Waals surface area contributed by atoms with Crippen molar-refractivity contribution in [3.05, 3.63) is 59.8 Å². The van der Waals surface area contributed by atoms with Gasteiger partial charge in [-0.05, 0) is 43.4 Å². The van der Waals surface area contributed by atoms with Gasteiger partial charge in [0.15, 0.2) is 0 Å². The number of aromatic nitrogens is 1. The molecule has 1 aromatic heterocycles. The summed E-state index contributed by atoms with van der Waals surface area (Å²) in [6.45, 7) is 2.09. The molecule has 0 aliphatic carbocycles. The van der Waals surface area contributed by atoms with Gasteiger partial charge in [-0.25, -0.2) is 4.98 Å². The second-order valence-corrected chi connectivity index (χ2v) is 6.49. The molecule has 2 amide bonds. The fourth-order valence-electron chi connectivity index (χ4n) is 2.55. The summed E-state index contributed by atoms with van der Waals surface area (Å²) in [5.41, 5.74) is 13.6. The zero-order chi connectivity index (χ0) is 19.6. The predicted molar refractivity (Wildman–Crippen MR) is 120 cm³/mol. The lowest BCUT2D eigenvalue weighted by Crippen LogP contribution is -2.50. The highest BCUT2D eigenvalue weighted by atomic mass is 35.5. The topological polar surface area (TPSA) is 123 Å². The van der Waals surface area contributed by atoms with E-state index in [0.717, 1.165) is 11.1 Å². The summed E-state index contributed by atoms with van der Waals surface area (Å²) in [6, 6.07) is 12.1. The zero-order valence-corrected chi connectivity index (χ0v) is 18.0. The highest BCUT2D eigenvalue weighted by Gasteiger charge is 2.19. The van der Waals surface area contributed by atoms with Crippen molar-refractivity contribution in [2.45, 2.75) is 38.3 Å². The van der Waals surface area contributed by atoms with Crippen LogP contribution in [-0.4, -0.2) is 35.4 Å². The van der Waals surface area contributed by atoms with E-state index < -0.39 is 12.1 Å². The molecule has 7 nitrogen and oxygen atoms in total. The largest absolute Gasteiger partial charge is 0.384 e. The molecule has 0 fully saturated rings. The molecular formula is C20H29Cl2N5O2. The van der Waals surface area contributed by atoms with Gasteiger partial charge in [0, 0.05) is 12.7 Å². The van der Waals surface area contributed by atoms with Crippen molar-refractivity contribution in [3.8, 4) is 0 Å². The molecule has 2 aromatic rings. The highest BCUT2D eigenvalue weighted by molar-refractivity contribution is 5.89. The number of amides is 2. The minimum absolute atomic E-state index is 0. The molecule has 2 rings (SSSR count). The van der Waals surface area contributed by atoms with Gasteiger partial charge >= 0.3 is 0 Å². The molecule has 0 aliphatic heterocycles. The number of pyridine rings is 1. The fourth-order valence-corrected chi connectivity index (χ4v) is 2.55. The summed E-state index contributed by atoms with van der Waals surface area (Å²) >= 11 is 0. The Morgan fingerprint density at radius 1 is 1.00 bits per heavy atom. The van der Waals surface area contributed by atoms with Crippen molar-refractivity contribution < 1.29 is 9.59 Å². The number of anilines is 1. The van der Waals surface area contributed by atoms with Gasteiger partial charge in [-0.2, -0.15) is 0 Å². The summed E-state index contributed by atoms with van der Waals surface area (Å²) in [5.74, 6) is -0.110. The normalized spacial score (nSPS) is 11.9. The average molecular weight is 442 g/mol. The van der Waals surface area contributed by atoms with Gasteiger partial charge in [-0.3, -0.25) is 9.59 Å². The first-order valence-electron chi connectivity index (χ1n) is 9.03. The van der Waals surface area contributed by atoms with Crippen LogP contribution in [0.15, 0.2) is 48.7 Å². The smallest absolute Gasteiger partial charge is 0.242 e. The number of halogens is 2. The van der Waals surface area contributed by atoms with E-state index in [1.165, 1.54) is 0 Å². The summed E-state index contributed by atoms with van der Waals surface area (Å²) in [6.07, 6.45) is 3.55. The Balaban J connectivity index is 0.00000392. The summed E-state index contributed by atoms with van der Waals surface area (Å²) in [7, 11) is 0. The van der Waals surface area contributed by atoms with E-state index in [9.17, 15) is 9.59 Å². The van der Waals surface area contributed by atoms with E-state index in [1.807, 2.05) is 36.4 Å². The van der Waals surface area contributed by atoms with Crippen LogP contribution in [0.1, 0.15) is 24.5 Å². The van der Waals surface area contributed by atoms with Crippen LogP contribution in [0.25, 0.3) is 0 Å². The zero-order valence-electron chi connectivity index (χ0n) is 16.3. The maximum Gasteiger partial charge on any atom is 0.242 e. The van der Waals surface area contributed by atoms with E-state index in [4.69, 9.17) is 11.5 Å². The lowest BCUT2D eigenvalue weighted by atomic mass is 10.1. The number of nitrogens with zero attached hydrogens (tertiary/aromatic N) is 1. The molecule has 160 valence electrons. The first-order valence-corrected chi connectivity index (χ1v) is 9.03. The molecule has 0 saturated carbocycles. The molecule has 9 heteroatoms. The Labute approximate surface area is 183 Å². The van der Waals surface area contributed by atoms with Gasteiger partial charge in [0.05, 0.1) is 6.04 Å². The van der Waals surface area contributed by atoms with Gasteiger partial charge in [-0.1, -0.05) is 36.4 Å². The minimum Gasteiger partial charge on any atom is -0.384 e. The second kappa shape index (κ2) is 13.8. The number of nitrogens with two attached hydrogens (primary N) is 2. The number of nitrogen functional groups attached to an aromatic ring is 1. The third-order valence-corrected chi connectivity index (χ3v) is 4.24. The molecule has 0 saturated heterocycles. The monoisotopic (exact) mass is 441 g/mol. The molecular weight excluding hydrogens is 413 g/mol. The van der Waals surface area contributed by atoms with E-state index in [1.54, 1.807) is 19.2 Å². The Bertz CT molecular complexity index is 744. The lowest BCUT2D eigenvalue weighted by Gasteiger charge is -2.17. The van der Waals surface area contributed by atoms with Crippen molar-refractivity contribution in [2.24, 2.45) is 5.73 Å². The Hall–Kier alpha value is -2.35. The van der Waals surface area contributed by atoms with Gasteiger partial charge < -0.3 is 22.1 Å². The van der Waals surface area contributed by atoms with Crippen LogP contribution in [0.4, 0.5) is 5.82 Å². The van der Waals surface area contributed by atoms with Crippen LogP contribution in [-0.2, 0) is 22.4 Å². The Morgan fingerprint density at radius 3 is 2.31 bits per heavy atom. The molecule has 0 spiro atoms. The Morgan fingerprint density at radius 2 is 1.69 bits per heavy atom. The number of hydrogen-bond donors (Lipinski definition) is 4. The highest BCUT2D eigenvalue weighted by Crippen LogP contribution is 2.04. The van der Waals surface area contributed by atoms with Crippen molar-refractivity contribution in [2.75, 3.05) is 12.3 Å². The summed E-state index contributed by atoms with van der Waals surface area (Å²) in [4.78, 5) is 28.3. The molecule has 2 atom stereocenters. The molecule has 0 bridgehead atoms. The number of hydrogen-bond acceptors (Lipinski definition) is 5. The van der Waals surface area contributed by atoms with Crippen LogP contribution in [0, 0.1) is 0 Å². The number of nitrogens with one attached hydrogen (secondary N) is 2. The number of rotatable bonds is 9. The predicted octanol–water partition coefficient (Wildman–Crippen LogP) is 1.63. The van der Waals surface area contributed by atoms with Crippen LogP contribution >= 0.6 is 24.8 Å². The SMILES string of the molecule is C[C@H](NC(=O)[C@H](N)CCc1ccccc1)C(=O)NCCc1ccc(N)nc1.Cl.Cl. The number of carbonyl (C=O) groups excluding carboxylic acids is 2. The first-order chi connectivity index (χ1) is 13.0. The number of benzene rings is 1. The van der Waals surface area contributed by atoms with Crippen LogP contribution in [0.3, 0.4) is 0 Å². The van der Waals surface area contributed by atoms with E-state index in [2.05, 4.69) is 15.6 Å². The molecule has 29 heavy (non-hydrogen) atoms. The van der Waals surface area contributed by atoms with Gasteiger partial charge in [0.1, 0.15) is 11.9 Å². The molecule has 1 aromatic carbocycles. The summed E-state index contributed by atoms with van der Waals surface area (Å²) < 4.78 is 0. The van der Waals surface area contributed by atoms with Crippen LogP contribution < -0.4 is 22.1 Å². The molecule has 6 N–H and O–H groups in total. The molecule has 0 unspecified atom stereocenters. The van der Waals surface area contributed by atoms with Crippen LogP contribution in [0.2, 0.25) is 0 Å². The number of aryl methyl sites for hydroxylation is 1. The van der Waals surface area contributed by atoms with Crippen molar-refractivity contribution >= 4 is 42.4 Å². The minimum atomic E-state index is -0.652. The van der Waals surface area contributed by atoms with E-state index in [0.29, 0.717) is 31.6 Å². The van der Waals surface area contributed by atoms with Gasteiger partial charge in [-0.15, -0.1) is 24.8 Å². The van der Waals surface area contributed by atoms with E-state index in [-0.39, 0.29) is 36.6 Å². The third kappa shape index (κ3) is 9.60. The van der Waals surface area contributed by atoms with Crippen molar-refractivity contribution in [1.29, 1.82) is 0 Å². The third-order valence-electron chi connectivity index (χ3n) is 4.24. The maximum absolute atomic E-state index is 12.2. The first kappa shape index (κ1) is 26.6. The van der Waals surface area contributed by atoms with Gasteiger partial charge in [0.2, 0.25) is 11.8 Å². The second-order valence-electron chi connectivity index (χ2n) is 6.49. The average Bonchev–Trinajstić information content (AvgIpc) is 2.68. The van der Waals surface area contributed by atoms with E-state index >= 15 is 0 Å². The van der Waals surface area contributed by atoms with Crippen molar-refractivity contribution in [3.63, 3.8) is 0 Å². The Kier molecular flexibility index (Phi) is 12.6. The molecule has 0 aliphatic rings. The summed E-state index contributed by atoms with van der Waals surface area (Å²) in [5, 5.41) is 5.46. The lowest BCUT2D eigenvalue weighted by molar-refractivity contribution is -0.129. The number of carbonyl (C=O) groups is 2. The maximum atomic E-state index is 12.2. The quantitative estimate of drug-likeness (QED) is 0.470. The van der Waals surface area contributed by atoms with Crippen LogP contribution in [0.5, 0.6) is 0 Å². The molecule has 0 radical (unpaired) electrons. The fraction of sp³-hybridized carbons (Fsp3) is 0.350.